The van der Waals surface area contributed by atoms with E-state index in [4.69, 9.17) is 4.99 Å². The predicted octanol–water partition coefficient (Wildman–Crippen LogP) is 3.92. The Bertz CT molecular complexity index is 304. The molecular weight excluding hydrogens is 240 g/mol. The Labute approximate surface area is 116 Å². The van der Waals surface area contributed by atoms with Crippen LogP contribution in [-0.2, 0) is 0 Å². The third-order valence-electron chi connectivity index (χ3n) is 4.75. The highest BCUT2D eigenvalue weighted by Gasteiger charge is 2.39. The van der Waals surface area contributed by atoms with E-state index in [2.05, 4.69) is 33.0 Å². The lowest BCUT2D eigenvalue weighted by atomic mass is 9.78. The molecule has 104 valence electrons. The van der Waals surface area contributed by atoms with Crippen LogP contribution in [0.25, 0.3) is 0 Å². The molecule has 1 atom stereocenters. The second-order valence-corrected chi connectivity index (χ2v) is 7.71. The third-order valence-corrected chi connectivity index (χ3v) is 5.95. The van der Waals surface area contributed by atoms with Gasteiger partial charge >= 0.3 is 0 Å². The molecule has 0 amide bonds. The monoisotopic (exact) mass is 268 g/mol. The van der Waals surface area contributed by atoms with Crippen LogP contribution < -0.4 is 5.32 Å². The van der Waals surface area contributed by atoms with Gasteiger partial charge in [-0.05, 0) is 43.4 Å². The molecule has 3 heteroatoms. The first-order chi connectivity index (χ1) is 8.51. The molecule has 2 rings (SSSR count). The quantitative estimate of drug-likeness (QED) is 0.839. The number of nitrogens with zero attached hydrogens (tertiary/aromatic N) is 1. The number of hydrogen-bond donors (Lipinski definition) is 1. The van der Waals surface area contributed by atoms with E-state index >= 15 is 0 Å². The summed E-state index contributed by atoms with van der Waals surface area (Å²) in [4.78, 5) is 4.78. The maximum Gasteiger partial charge on any atom is 0.157 e. The molecule has 1 unspecified atom stereocenters. The number of amidine groups is 1. The molecule has 1 spiro atoms. The van der Waals surface area contributed by atoms with Crippen molar-refractivity contribution in [3.8, 4) is 0 Å². The molecule has 1 heterocycles. The van der Waals surface area contributed by atoms with E-state index < -0.39 is 0 Å². The number of aliphatic imine (C=N–C) groups is 1. The molecule has 0 bridgehead atoms. The minimum Gasteiger partial charge on any atom is -0.359 e. The van der Waals surface area contributed by atoms with Gasteiger partial charge in [-0.2, -0.15) is 0 Å². The maximum absolute atomic E-state index is 4.78. The zero-order valence-electron chi connectivity index (χ0n) is 12.3. The lowest BCUT2D eigenvalue weighted by molar-refractivity contribution is 0.250. The van der Waals surface area contributed by atoms with Crippen molar-refractivity contribution >= 4 is 16.9 Å². The molecule has 1 N–H and O–H groups in total. The molecule has 1 aliphatic carbocycles. The van der Waals surface area contributed by atoms with Crippen LogP contribution in [0.4, 0.5) is 0 Å². The van der Waals surface area contributed by atoms with Gasteiger partial charge in [0.15, 0.2) is 5.17 Å². The summed E-state index contributed by atoms with van der Waals surface area (Å²) < 4.78 is 0. The molecule has 0 radical (unpaired) electrons. The SMILES string of the molecule is CC1CCC2(CC1)CSC(=NCC(C)C(C)C)N2. The Morgan fingerprint density at radius 3 is 2.61 bits per heavy atom. The zero-order chi connectivity index (χ0) is 13.2. The molecule has 18 heavy (non-hydrogen) atoms. The van der Waals surface area contributed by atoms with Gasteiger partial charge in [-0.1, -0.05) is 39.5 Å². The second-order valence-electron chi connectivity index (χ2n) is 6.74. The average Bonchev–Trinajstić information content (AvgIpc) is 2.74. The Morgan fingerprint density at radius 2 is 2.00 bits per heavy atom. The normalized spacial score (nSPS) is 36.3. The number of nitrogens with one attached hydrogen (secondary N) is 1. The van der Waals surface area contributed by atoms with E-state index in [1.165, 1.54) is 36.6 Å². The lowest BCUT2D eigenvalue weighted by Crippen LogP contribution is -2.46. The summed E-state index contributed by atoms with van der Waals surface area (Å²) in [6.07, 6.45) is 5.42. The molecule has 0 aromatic heterocycles. The molecule has 0 aromatic carbocycles. The zero-order valence-corrected chi connectivity index (χ0v) is 13.1. The van der Waals surface area contributed by atoms with E-state index in [0.29, 0.717) is 11.5 Å². The third kappa shape index (κ3) is 3.43. The van der Waals surface area contributed by atoms with Crippen LogP contribution in [0.2, 0.25) is 0 Å². The van der Waals surface area contributed by atoms with Gasteiger partial charge in [-0.15, -0.1) is 0 Å². The maximum atomic E-state index is 4.78. The topological polar surface area (TPSA) is 24.4 Å². The average molecular weight is 268 g/mol. The Morgan fingerprint density at radius 1 is 1.33 bits per heavy atom. The van der Waals surface area contributed by atoms with Gasteiger partial charge in [-0.25, -0.2) is 0 Å². The van der Waals surface area contributed by atoms with Gasteiger partial charge in [0.2, 0.25) is 0 Å². The van der Waals surface area contributed by atoms with Crippen molar-refractivity contribution < 1.29 is 0 Å². The van der Waals surface area contributed by atoms with Crippen LogP contribution in [0.15, 0.2) is 4.99 Å². The van der Waals surface area contributed by atoms with Crippen LogP contribution >= 0.6 is 11.8 Å². The summed E-state index contributed by atoms with van der Waals surface area (Å²) in [5.74, 6) is 3.56. The van der Waals surface area contributed by atoms with Crippen molar-refractivity contribution in [2.45, 2.75) is 58.9 Å². The summed E-state index contributed by atoms with van der Waals surface area (Å²) in [7, 11) is 0. The minimum atomic E-state index is 0.386. The fraction of sp³-hybridized carbons (Fsp3) is 0.933. The van der Waals surface area contributed by atoms with Gasteiger partial charge in [0.05, 0.1) is 0 Å². The van der Waals surface area contributed by atoms with Gasteiger partial charge < -0.3 is 5.32 Å². The highest BCUT2D eigenvalue weighted by atomic mass is 32.2. The fourth-order valence-electron chi connectivity index (χ4n) is 2.61. The smallest absolute Gasteiger partial charge is 0.157 e. The molecule has 2 fully saturated rings. The van der Waals surface area contributed by atoms with Gasteiger partial charge in [0.1, 0.15) is 0 Å². The standard InChI is InChI=1S/C15H28N2S/c1-11(2)13(4)9-16-14-17-15(10-18-14)7-5-12(3)6-8-15/h11-13H,5-10H2,1-4H3,(H,16,17). The Balaban J connectivity index is 1.86. The summed E-state index contributed by atoms with van der Waals surface area (Å²) in [5, 5.41) is 4.94. The van der Waals surface area contributed by atoms with Crippen LogP contribution in [0.5, 0.6) is 0 Å². The lowest BCUT2D eigenvalue weighted by Gasteiger charge is -2.35. The van der Waals surface area contributed by atoms with Crippen molar-refractivity contribution in [3.05, 3.63) is 0 Å². The van der Waals surface area contributed by atoms with Crippen LogP contribution in [0.3, 0.4) is 0 Å². The molecule has 1 saturated heterocycles. The summed E-state index contributed by atoms with van der Waals surface area (Å²) in [6.45, 7) is 10.2. The van der Waals surface area contributed by atoms with Gasteiger partial charge in [-0.3, -0.25) is 4.99 Å². The largest absolute Gasteiger partial charge is 0.359 e. The predicted molar refractivity (Wildman–Crippen MR) is 82.3 cm³/mol. The van der Waals surface area contributed by atoms with Crippen molar-refractivity contribution in [2.75, 3.05) is 12.3 Å². The molecule has 1 aliphatic heterocycles. The molecular formula is C15H28N2S. The fourth-order valence-corrected chi connectivity index (χ4v) is 3.84. The Kier molecular flexibility index (Phi) is 4.63. The number of rotatable bonds is 3. The van der Waals surface area contributed by atoms with Gasteiger partial charge in [0.25, 0.3) is 0 Å². The van der Waals surface area contributed by atoms with E-state index in [9.17, 15) is 0 Å². The van der Waals surface area contributed by atoms with Crippen molar-refractivity contribution in [3.63, 3.8) is 0 Å². The number of hydrogen-bond acceptors (Lipinski definition) is 2. The molecule has 1 saturated carbocycles. The van der Waals surface area contributed by atoms with Gasteiger partial charge in [0, 0.05) is 17.8 Å². The van der Waals surface area contributed by atoms with Crippen LogP contribution in [0, 0.1) is 17.8 Å². The first kappa shape index (κ1) is 14.2. The summed E-state index contributed by atoms with van der Waals surface area (Å²) in [6, 6.07) is 0. The number of thioether (sulfide) groups is 1. The van der Waals surface area contributed by atoms with E-state index in [1.54, 1.807) is 0 Å². The second kappa shape index (κ2) is 5.85. The molecule has 2 nitrogen and oxygen atoms in total. The van der Waals surface area contributed by atoms with E-state index in [-0.39, 0.29) is 0 Å². The summed E-state index contributed by atoms with van der Waals surface area (Å²) in [5.41, 5.74) is 0.386. The molecule has 0 aromatic rings. The Hall–Kier alpha value is -0.180. The van der Waals surface area contributed by atoms with E-state index in [0.717, 1.165) is 18.4 Å². The van der Waals surface area contributed by atoms with Crippen molar-refractivity contribution in [1.29, 1.82) is 0 Å². The molecule has 2 aliphatic rings. The van der Waals surface area contributed by atoms with Crippen molar-refractivity contribution in [2.24, 2.45) is 22.7 Å². The van der Waals surface area contributed by atoms with E-state index in [1.807, 2.05) is 11.8 Å². The highest BCUT2D eigenvalue weighted by Crippen LogP contribution is 2.38. The minimum absolute atomic E-state index is 0.386. The summed E-state index contributed by atoms with van der Waals surface area (Å²) >= 11 is 1.94. The first-order valence-electron chi connectivity index (χ1n) is 7.46. The highest BCUT2D eigenvalue weighted by molar-refractivity contribution is 8.14. The van der Waals surface area contributed by atoms with Crippen molar-refractivity contribution in [1.82, 2.24) is 5.32 Å². The first-order valence-corrected chi connectivity index (χ1v) is 8.45. The van der Waals surface area contributed by atoms with Crippen LogP contribution in [-0.4, -0.2) is 23.0 Å². The van der Waals surface area contributed by atoms with Crippen LogP contribution in [0.1, 0.15) is 53.4 Å².